The topological polar surface area (TPSA) is 601 Å². The second-order valence-electron chi connectivity index (χ2n) is 30.0. The van der Waals surface area contributed by atoms with E-state index in [1.54, 1.807) is 0 Å². The van der Waals surface area contributed by atoms with E-state index in [1.165, 1.54) is 48.5 Å². The smallest absolute Gasteiger partial charge is 0.245 e. The third kappa shape index (κ3) is 17.9. The van der Waals surface area contributed by atoms with Crippen LogP contribution in [0, 0.1) is 0 Å². The highest BCUT2D eigenvalue weighted by molar-refractivity contribution is 6.32. The zero-order valence-electron chi connectivity index (χ0n) is 63.7. The Balaban J connectivity index is 1.03. The number of phenols is 4. The fourth-order valence-corrected chi connectivity index (χ4v) is 16.0. The van der Waals surface area contributed by atoms with Crippen molar-refractivity contribution in [2.75, 3.05) is 19.8 Å². The van der Waals surface area contributed by atoms with Crippen LogP contribution in [0.2, 0.25) is 10.0 Å². The number of carbonyl (C=O) groups is 8. The fourth-order valence-electron chi connectivity index (χ4n) is 15.5. The minimum absolute atomic E-state index is 0.0699. The van der Waals surface area contributed by atoms with Gasteiger partial charge in [-0.3, -0.25) is 38.4 Å². The largest absolute Gasteiger partial charge is 0.508 e. The van der Waals surface area contributed by atoms with Crippen LogP contribution >= 0.6 is 23.2 Å². The first-order valence-electron chi connectivity index (χ1n) is 37.9. The summed E-state index contributed by atoms with van der Waals surface area (Å²) in [5, 5.41) is 172. The van der Waals surface area contributed by atoms with Crippen molar-refractivity contribution in [1.82, 2.24) is 31.9 Å². The molecule has 6 amide bonds. The number of hydrogen-bond acceptors (Lipinski definition) is 32. The van der Waals surface area contributed by atoms with Crippen molar-refractivity contribution in [1.29, 1.82) is 0 Å². The first-order valence-corrected chi connectivity index (χ1v) is 38.7. The highest BCUT2D eigenvalue weighted by atomic mass is 35.5. The summed E-state index contributed by atoms with van der Waals surface area (Å²) in [6.45, 7) is -1.62. The van der Waals surface area contributed by atoms with Gasteiger partial charge < -0.3 is 152 Å². The predicted molar refractivity (Wildman–Crippen MR) is 413 cm³/mol. The molecule has 121 heavy (non-hydrogen) atoms. The number of ether oxygens (including phenoxy) is 9. The van der Waals surface area contributed by atoms with E-state index in [2.05, 4.69) is 31.9 Å². The number of phenolic OH excluding ortho intramolecular Hbond substituents is 4. The molecule has 3 fully saturated rings. The van der Waals surface area contributed by atoms with Crippen LogP contribution in [0.4, 0.5) is 0 Å². The highest BCUT2D eigenvalue weighted by Gasteiger charge is 2.52. The molecule has 0 aromatic heterocycles. The van der Waals surface area contributed by atoms with E-state index in [-0.39, 0.29) is 66.8 Å². The molecule has 17 bridgehead atoms. The number of benzene rings is 7. The third-order valence-electron chi connectivity index (χ3n) is 21.8. The molecule has 40 heteroatoms. The van der Waals surface area contributed by atoms with Crippen LogP contribution in [0.15, 0.2) is 115 Å². The molecule has 6 unspecified atom stereocenters. The summed E-state index contributed by atoms with van der Waals surface area (Å²) >= 11 is 14.6. The zero-order valence-corrected chi connectivity index (χ0v) is 65.2. The number of ketones is 2. The van der Waals surface area contributed by atoms with Crippen molar-refractivity contribution in [2.45, 2.75) is 174 Å². The molecule has 22 N–H and O–H groups in total. The Hall–Kier alpha value is -11.1. The van der Waals surface area contributed by atoms with E-state index < -0.39 is 289 Å². The number of rotatable bonds is 11. The van der Waals surface area contributed by atoms with E-state index in [0.29, 0.717) is 0 Å². The summed E-state index contributed by atoms with van der Waals surface area (Å²) in [6.07, 6.45) is -29.7. The van der Waals surface area contributed by atoms with Crippen LogP contribution < -0.4 is 61.3 Å². The van der Waals surface area contributed by atoms with Gasteiger partial charge in [0.25, 0.3) is 0 Å². The van der Waals surface area contributed by atoms with Crippen molar-refractivity contribution >= 4 is 70.2 Å². The second kappa shape index (κ2) is 35.5. The number of nitrogens with two attached hydrogens (primary N) is 1. The lowest BCUT2D eigenvalue weighted by molar-refractivity contribution is -0.284. The van der Waals surface area contributed by atoms with E-state index in [1.807, 2.05) is 0 Å². The zero-order chi connectivity index (χ0) is 86.6. The summed E-state index contributed by atoms with van der Waals surface area (Å²) in [5.74, 6) is -18.6. The Morgan fingerprint density at radius 3 is 1.70 bits per heavy atom. The quantitative estimate of drug-likeness (QED) is 0.0822. The first kappa shape index (κ1) is 86.3. The maximum Gasteiger partial charge on any atom is 0.245 e. The molecule has 0 radical (unpaired) electrons. The second-order valence-corrected chi connectivity index (χ2v) is 30.9. The Kier molecular flexibility index (Phi) is 25.3. The third-order valence-corrected chi connectivity index (χ3v) is 22.4. The number of nitrogens with one attached hydrogen (secondary N) is 6. The van der Waals surface area contributed by atoms with Crippen LogP contribution in [0.5, 0.6) is 69.0 Å². The van der Waals surface area contributed by atoms with E-state index in [9.17, 15) is 85.9 Å². The summed E-state index contributed by atoms with van der Waals surface area (Å²) in [4.78, 5) is 122. The van der Waals surface area contributed by atoms with Crippen LogP contribution in [-0.2, 0) is 70.3 Å². The number of aromatic hydroxyl groups is 4. The lowest BCUT2D eigenvalue weighted by Crippen LogP contribution is -2.65. The molecule has 0 spiro atoms. The fraction of sp³-hybridized carbons (Fsp3) is 0.383. The molecule has 0 saturated carbocycles. The minimum atomic E-state index is -2.29. The van der Waals surface area contributed by atoms with Gasteiger partial charge in [-0.1, -0.05) is 47.5 Å². The van der Waals surface area contributed by atoms with Crippen LogP contribution in [0.25, 0.3) is 11.1 Å². The maximum absolute atomic E-state index is 16.9. The lowest BCUT2D eigenvalue weighted by Gasteiger charge is -2.44. The van der Waals surface area contributed by atoms with Gasteiger partial charge in [0, 0.05) is 56.5 Å². The molecule has 9 aliphatic rings. The van der Waals surface area contributed by atoms with Crippen molar-refractivity contribution in [3.8, 4) is 80.1 Å². The lowest BCUT2D eigenvalue weighted by atomic mass is 9.85. The highest BCUT2D eigenvalue weighted by Crippen LogP contribution is 2.51. The molecule has 16 rings (SSSR count). The van der Waals surface area contributed by atoms with Crippen molar-refractivity contribution in [2.24, 2.45) is 5.73 Å². The van der Waals surface area contributed by atoms with Gasteiger partial charge in [-0.25, -0.2) is 0 Å². The van der Waals surface area contributed by atoms with Gasteiger partial charge in [0.2, 0.25) is 53.8 Å². The van der Waals surface area contributed by atoms with Gasteiger partial charge in [0.1, 0.15) is 138 Å². The van der Waals surface area contributed by atoms with E-state index >= 15 is 24.0 Å². The molecule has 38 nitrogen and oxygen atoms in total. The summed E-state index contributed by atoms with van der Waals surface area (Å²) in [5.41, 5.74) is 4.91. The van der Waals surface area contributed by atoms with Gasteiger partial charge in [0.15, 0.2) is 40.9 Å². The predicted octanol–water partition coefficient (Wildman–Crippen LogP) is 0.188. The van der Waals surface area contributed by atoms with Gasteiger partial charge in [-0.2, -0.15) is 0 Å². The molecule has 642 valence electrons. The number of carbonyl (C=O) groups excluding carboxylic acids is 8. The normalized spacial score (nSPS) is 29.9. The van der Waals surface area contributed by atoms with Gasteiger partial charge in [-0.05, 0) is 124 Å². The number of fused-ring (bicyclic) bond motifs is 14. The van der Waals surface area contributed by atoms with Crippen molar-refractivity contribution in [3.05, 3.63) is 164 Å². The summed E-state index contributed by atoms with van der Waals surface area (Å²) in [7, 11) is 0. The number of Topliss-reactive ketones (excluding diaryl/α,β-unsaturated/α-hetero) is 2. The number of amides is 6. The van der Waals surface area contributed by atoms with Crippen molar-refractivity contribution < 1.29 is 152 Å². The molecule has 0 aliphatic carbocycles. The number of aliphatic hydroxyl groups is 10. The Labute approximate surface area is 695 Å². The first-order chi connectivity index (χ1) is 57.6. The van der Waals surface area contributed by atoms with Gasteiger partial charge >= 0.3 is 0 Å². The maximum atomic E-state index is 16.9. The van der Waals surface area contributed by atoms with Gasteiger partial charge in [-0.15, -0.1) is 0 Å². The summed E-state index contributed by atoms with van der Waals surface area (Å²) < 4.78 is 57.2. The number of halogens is 2. The number of aliphatic hydroxyl groups excluding tert-OH is 10. The molecule has 7 aromatic carbocycles. The average molecular weight is 1720 g/mol. The van der Waals surface area contributed by atoms with E-state index in [4.69, 9.17) is 71.6 Å². The monoisotopic (exact) mass is 1720 g/mol. The molecular weight excluding hydrogens is 1640 g/mol. The molecule has 3 saturated heterocycles. The Morgan fingerprint density at radius 2 is 1.06 bits per heavy atom. The van der Waals surface area contributed by atoms with Crippen LogP contribution in [0.3, 0.4) is 0 Å². The van der Waals surface area contributed by atoms with Crippen molar-refractivity contribution in [3.63, 3.8) is 0 Å². The SMILES string of the molecule is CC(=O)NC1[C@H](Oc2c3cc4cc2Oc2ccc(cc2Cl)[C@@H](O[C@@H]2OC(CO)[C@@H](O)[C@H](O)C2NC(C)=O)[C@@H]2NC(=O)[C@H](CC(=O)[C@@H]4NC(=O)[C@H]4CC(=O)[C@@H](Cc5ccc(c(Cl)c5)O3)NC(=O)[C@H](N)c3ccc(O)c(c3)Oc3cc(O)cc4c3)c3ccc(O)c(c3)-c3c(cc(O)cc3O[C@H]3OC(CO)[C@@H](O)C(O)[C@H]3O)CNC2=O)OC(CO)[C@@H](O)[C@@H]1O. The molecule has 7 aromatic rings. The van der Waals surface area contributed by atoms with E-state index in [0.717, 1.165) is 80.6 Å². The van der Waals surface area contributed by atoms with Crippen LogP contribution in [-0.4, -0.2) is 242 Å². The summed E-state index contributed by atoms with van der Waals surface area (Å²) in [6, 6.07) is 10.9. The average Bonchev–Trinajstić information content (AvgIpc) is 0.764. The molecule has 22 atom stereocenters. The molecular formula is C81H83Cl2N7O31. The Morgan fingerprint density at radius 1 is 0.496 bits per heavy atom. The Bertz CT molecular complexity index is 5220. The van der Waals surface area contributed by atoms with Crippen LogP contribution in [0.1, 0.15) is 95.7 Å². The van der Waals surface area contributed by atoms with Gasteiger partial charge in [0.05, 0.1) is 47.7 Å². The molecule has 9 aliphatic heterocycles. The minimum Gasteiger partial charge on any atom is -0.508 e. The standard InChI is InChI=1S/C81H83Cl2N7O31/c1-29(94)86-63-69(105)66(102)57(26-91)117-79(63)120-73-34-6-10-52(45(83)17-34)115-56-20-36-19-55(74(56)121-80-64(87-30(2)95)70(106)67(103)58(27-92)118-80)114-51-9-3-31(11-44(51)82)12-46-49(100)23-42(35-13-38(96)21-40(15-35)113-53-18-33(5-8-48(53)99)61(84)77(111)88-46)76(110)89-62(36)50(101)24-41-32-4-7-47(98)43(16-32)60-37(25-85-78(112)65(73)90-75(41)109)14-39(97)22-54(60)116-81-72(108)71(107)68(104)59(28-93)119-81/h3-11,13-22,41-42,46,57-59,61-73,79-81,91-93,96-99,102-108H,12,23-28,84H2,1-2H3,(H,85,112)(H,86,94)(H,87,95)(H,88,111)(H,89,110)(H,90,109)/t41-,42+,46-,57?,58?,59?,61-,62-,63?,64?,65+,66-,67-,68-,69-,70-,71?,72-,73-,79+,80+,81+/m1/s1. The molecule has 9 heterocycles. The number of hydrogen-bond donors (Lipinski definition) is 21.